The van der Waals surface area contributed by atoms with E-state index in [1.165, 1.54) is 0 Å². The lowest BCUT2D eigenvalue weighted by atomic mass is 10.1. The van der Waals surface area contributed by atoms with Crippen LogP contribution in [0.2, 0.25) is 0 Å². The first-order valence-corrected chi connectivity index (χ1v) is 10.4. The molecule has 0 heterocycles. The van der Waals surface area contributed by atoms with E-state index in [9.17, 15) is 14.4 Å². The average Bonchev–Trinajstić information content (AvgIpc) is 2.64. The molecule has 5 nitrogen and oxygen atoms in total. The van der Waals surface area contributed by atoms with Crippen LogP contribution in [0.3, 0.4) is 0 Å². The number of carbonyl (C=O) groups excluding carboxylic acids is 3. The van der Waals surface area contributed by atoms with Crippen molar-refractivity contribution in [1.29, 1.82) is 0 Å². The van der Waals surface area contributed by atoms with Gasteiger partial charge in [0.1, 0.15) is 17.3 Å². The fourth-order valence-corrected chi connectivity index (χ4v) is 2.91. The van der Waals surface area contributed by atoms with Gasteiger partial charge in [-0.25, -0.2) is 0 Å². The third kappa shape index (κ3) is 14.1. The van der Waals surface area contributed by atoms with Crippen LogP contribution >= 0.6 is 0 Å². The molecule has 0 aliphatic rings. The molecule has 0 aromatic carbocycles. The molecule has 26 heavy (non-hydrogen) atoms. The third-order valence-corrected chi connectivity index (χ3v) is 4.70. The summed E-state index contributed by atoms with van der Waals surface area (Å²) in [5.41, 5.74) is 0. The zero-order valence-corrected chi connectivity index (χ0v) is 17.4. The summed E-state index contributed by atoms with van der Waals surface area (Å²) in [6.07, 6.45) is 6.42. The fraction of sp³-hybridized carbons (Fsp3) is 0.857. The van der Waals surface area contributed by atoms with Crippen molar-refractivity contribution in [2.75, 3.05) is 26.2 Å². The maximum atomic E-state index is 11.5. The fourth-order valence-electron chi connectivity index (χ4n) is 2.91. The Morgan fingerprint density at radius 2 is 1.19 bits per heavy atom. The molecule has 0 saturated carbocycles. The Morgan fingerprint density at radius 1 is 0.769 bits per heavy atom. The topological polar surface area (TPSA) is 66.5 Å². The number of nitrogens with one attached hydrogen (secondary N) is 1. The molecule has 0 aromatic heterocycles. The first-order chi connectivity index (χ1) is 12.4. The van der Waals surface area contributed by atoms with E-state index in [-0.39, 0.29) is 0 Å². The molecule has 1 N–H and O–H groups in total. The zero-order chi connectivity index (χ0) is 19.8. The maximum absolute atomic E-state index is 11.5. The first-order valence-electron chi connectivity index (χ1n) is 10.4. The number of ketones is 3. The highest BCUT2D eigenvalue weighted by atomic mass is 16.1. The van der Waals surface area contributed by atoms with Crippen molar-refractivity contribution in [3.05, 3.63) is 0 Å². The van der Waals surface area contributed by atoms with E-state index >= 15 is 0 Å². The van der Waals surface area contributed by atoms with Gasteiger partial charge in [-0.2, -0.15) is 0 Å². The van der Waals surface area contributed by atoms with Gasteiger partial charge in [-0.3, -0.25) is 14.4 Å². The summed E-state index contributed by atoms with van der Waals surface area (Å²) >= 11 is 0. The number of Topliss-reactive ketones (excluding diaryl/α,β-unsaturated/α-hetero) is 3. The number of nitrogens with zero attached hydrogens (tertiary/aromatic N) is 1. The molecule has 0 aliphatic carbocycles. The summed E-state index contributed by atoms with van der Waals surface area (Å²) in [6, 6.07) is 0.329. The van der Waals surface area contributed by atoms with Crippen molar-refractivity contribution in [3.8, 4) is 0 Å². The monoisotopic (exact) mass is 368 g/mol. The minimum atomic E-state index is 0.317. The molecule has 152 valence electrons. The average molecular weight is 369 g/mol. The number of hydrogen-bond donors (Lipinski definition) is 1. The Hall–Kier alpha value is -1.07. The first kappa shape index (κ1) is 24.9. The Morgan fingerprint density at radius 3 is 1.62 bits per heavy atom. The summed E-state index contributed by atoms with van der Waals surface area (Å²) in [6.45, 7) is 11.4. The minimum absolute atomic E-state index is 0.317. The van der Waals surface area contributed by atoms with Crippen LogP contribution in [0.1, 0.15) is 85.5 Å². The summed E-state index contributed by atoms with van der Waals surface area (Å²) in [5.74, 6) is 0.956. The second-order valence-corrected chi connectivity index (χ2v) is 7.14. The van der Waals surface area contributed by atoms with Gasteiger partial charge in [0.2, 0.25) is 0 Å². The van der Waals surface area contributed by atoms with Crippen LogP contribution in [-0.2, 0) is 14.4 Å². The van der Waals surface area contributed by atoms with Gasteiger partial charge in [-0.05, 0) is 45.8 Å². The quantitative estimate of drug-likeness (QED) is 0.375. The van der Waals surface area contributed by atoms with Crippen LogP contribution in [0.5, 0.6) is 0 Å². The Labute approximate surface area is 160 Å². The predicted molar refractivity (Wildman–Crippen MR) is 108 cm³/mol. The minimum Gasteiger partial charge on any atom is -0.313 e. The van der Waals surface area contributed by atoms with E-state index in [0.29, 0.717) is 61.9 Å². The molecular formula is C21H40N2O3. The molecule has 0 saturated heterocycles. The summed E-state index contributed by atoms with van der Waals surface area (Å²) < 4.78 is 0. The van der Waals surface area contributed by atoms with Gasteiger partial charge in [0.25, 0.3) is 0 Å². The summed E-state index contributed by atoms with van der Waals surface area (Å²) in [5, 5.41) is 3.49. The van der Waals surface area contributed by atoms with Crippen LogP contribution in [0, 0.1) is 0 Å². The molecule has 0 radical (unpaired) electrons. The van der Waals surface area contributed by atoms with Crippen molar-refractivity contribution in [3.63, 3.8) is 0 Å². The number of hydrogen-bond acceptors (Lipinski definition) is 5. The lowest BCUT2D eigenvalue weighted by Gasteiger charge is -2.26. The van der Waals surface area contributed by atoms with Gasteiger partial charge < -0.3 is 10.2 Å². The van der Waals surface area contributed by atoms with Crippen LogP contribution in [-0.4, -0.2) is 54.5 Å². The highest BCUT2D eigenvalue weighted by Gasteiger charge is 2.11. The highest BCUT2D eigenvalue weighted by molar-refractivity contribution is 5.78. The van der Waals surface area contributed by atoms with Crippen LogP contribution in [0.25, 0.3) is 0 Å². The standard InChI is InChI=1S/C21H40N2O3/c1-5-19(24)11-8-14-22-18(4)17-23(15-9-12-20(25)6-2)16-10-13-21(26)7-3/h18,22H,5-17H2,1-4H3. The van der Waals surface area contributed by atoms with E-state index in [4.69, 9.17) is 0 Å². The third-order valence-electron chi connectivity index (χ3n) is 4.70. The Bertz CT molecular complexity index is 388. The smallest absolute Gasteiger partial charge is 0.132 e. The van der Waals surface area contributed by atoms with E-state index in [1.54, 1.807) is 0 Å². The molecule has 0 aliphatic heterocycles. The van der Waals surface area contributed by atoms with Gasteiger partial charge in [-0.15, -0.1) is 0 Å². The maximum Gasteiger partial charge on any atom is 0.132 e. The van der Waals surface area contributed by atoms with Crippen molar-refractivity contribution in [1.82, 2.24) is 10.2 Å². The second-order valence-electron chi connectivity index (χ2n) is 7.14. The predicted octanol–water partition coefficient (Wildman–Crippen LogP) is 3.54. The Balaban J connectivity index is 4.22. The van der Waals surface area contributed by atoms with Crippen LogP contribution < -0.4 is 5.32 Å². The lowest BCUT2D eigenvalue weighted by Crippen LogP contribution is -2.40. The normalized spacial score (nSPS) is 12.3. The largest absolute Gasteiger partial charge is 0.313 e. The summed E-state index contributed by atoms with van der Waals surface area (Å²) in [7, 11) is 0. The SMILES string of the molecule is CCC(=O)CCCNC(C)CN(CCCC(=O)CC)CCCC(=O)CC. The molecule has 1 atom stereocenters. The van der Waals surface area contributed by atoms with Crippen LogP contribution in [0.15, 0.2) is 0 Å². The van der Waals surface area contributed by atoms with Crippen molar-refractivity contribution in [2.24, 2.45) is 0 Å². The zero-order valence-electron chi connectivity index (χ0n) is 17.4. The van der Waals surface area contributed by atoms with Gasteiger partial charge >= 0.3 is 0 Å². The molecule has 0 spiro atoms. The lowest BCUT2D eigenvalue weighted by molar-refractivity contribution is -0.119. The van der Waals surface area contributed by atoms with E-state index < -0.39 is 0 Å². The summed E-state index contributed by atoms with van der Waals surface area (Å²) in [4.78, 5) is 36.7. The molecule has 0 rings (SSSR count). The number of carbonyl (C=O) groups is 3. The van der Waals surface area contributed by atoms with Crippen molar-refractivity contribution in [2.45, 2.75) is 91.5 Å². The second kappa shape index (κ2) is 16.1. The van der Waals surface area contributed by atoms with Gasteiger partial charge in [0.05, 0.1) is 0 Å². The van der Waals surface area contributed by atoms with E-state index in [2.05, 4.69) is 17.1 Å². The molecule has 0 fully saturated rings. The van der Waals surface area contributed by atoms with Gasteiger partial charge in [0, 0.05) is 51.1 Å². The molecule has 1 unspecified atom stereocenters. The van der Waals surface area contributed by atoms with Gasteiger partial charge in [-0.1, -0.05) is 20.8 Å². The van der Waals surface area contributed by atoms with Crippen LogP contribution in [0.4, 0.5) is 0 Å². The van der Waals surface area contributed by atoms with E-state index in [0.717, 1.165) is 45.4 Å². The molecule has 0 amide bonds. The van der Waals surface area contributed by atoms with Crippen molar-refractivity contribution < 1.29 is 14.4 Å². The molecule has 0 bridgehead atoms. The van der Waals surface area contributed by atoms with Crippen molar-refractivity contribution >= 4 is 17.3 Å². The van der Waals surface area contributed by atoms with Gasteiger partial charge in [0.15, 0.2) is 0 Å². The molecule has 5 heteroatoms. The molecular weight excluding hydrogens is 328 g/mol. The highest BCUT2D eigenvalue weighted by Crippen LogP contribution is 2.04. The Kier molecular flexibility index (Phi) is 15.5. The van der Waals surface area contributed by atoms with E-state index in [1.807, 2.05) is 20.8 Å². The number of rotatable bonds is 18. The molecule has 0 aromatic rings.